The van der Waals surface area contributed by atoms with E-state index in [2.05, 4.69) is 0 Å². The Morgan fingerprint density at radius 2 is 1.67 bits per heavy atom. The highest BCUT2D eigenvalue weighted by molar-refractivity contribution is 7.91. The molecule has 0 saturated heterocycles. The zero-order valence-electron chi connectivity index (χ0n) is 9.53. The van der Waals surface area contributed by atoms with E-state index < -0.39 is 9.84 Å². The molecule has 0 aliphatic heterocycles. The highest BCUT2D eigenvalue weighted by atomic mass is 32.2. The van der Waals surface area contributed by atoms with Crippen molar-refractivity contribution in [2.45, 2.75) is 32.1 Å². The van der Waals surface area contributed by atoms with Crippen LogP contribution in [0.15, 0.2) is 29.2 Å². The fraction of sp³-hybridized carbons (Fsp3) is 0.500. The minimum absolute atomic E-state index is 0.244. The summed E-state index contributed by atoms with van der Waals surface area (Å²) in [4.78, 5) is 0.439. The van der Waals surface area contributed by atoms with Crippen LogP contribution < -0.4 is 0 Å². The molecule has 15 heavy (non-hydrogen) atoms. The second-order valence-corrected chi connectivity index (χ2v) is 6.42. The van der Waals surface area contributed by atoms with Crippen molar-refractivity contribution in [3.05, 3.63) is 29.8 Å². The van der Waals surface area contributed by atoms with E-state index in [1.54, 1.807) is 12.1 Å². The first-order valence-corrected chi connectivity index (χ1v) is 6.86. The van der Waals surface area contributed by atoms with Crippen LogP contribution in [0.25, 0.3) is 0 Å². The third-order valence-corrected chi connectivity index (χ3v) is 4.11. The molecule has 2 nitrogen and oxygen atoms in total. The largest absolute Gasteiger partial charge is 0.224 e. The van der Waals surface area contributed by atoms with E-state index >= 15 is 0 Å². The summed E-state index contributed by atoms with van der Waals surface area (Å²) < 4.78 is 23.7. The minimum atomic E-state index is -3.07. The highest BCUT2D eigenvalue weighted by Crippen LogP contribution is 2.14. The SMILES string of the molecule is Cc1ccc(S(=O)(=O)CCC(C)C)cc1. The first-order chi connectivity index (χ1) is 6.92. The number of hydrogen-bond donors (Lipinski definition) is 0. The Labute approximate surface area is 92.2 Å². The van der Waals surface area contributed by atoms with E-state index in [1.165, 1.54) is 0 Å². The topological polar surface area (TPSA) is 34.1 Å². The van der Waals surface area contributed by atoms with Gasteiger partial charge in [-0.25, -0.2) is 8.42 Å². The van der Waals surface area contributed by atoms with Crippen LogP contribution in [0.5, 0.6) is 0 Å². The van der Waals surface area contributed by atoms with E-state index in [-0.39, 0.29) is 5.75 Å². The van der Waals surface area contributed by atoms with Crippen LogP contribution >= 0.6 is 0 Å². The van der Waals surface area contributed by atoms with Gasteiger partial charge in [0.25, 0.3) is 0 Å². The Bertz CT molecular complexity index is 402. The Hall–Kier alpha value is -0.830. The normalized spacial score (nSPS) is 12.0. The fourth-order valence-corrected chi connectivity index (χ4v) is 2.82. The van der Waals surface area contributed by atoms with Crippen LogP contribution in [0, 0.1) is 12.8 Å². The van der Waals surface area contributed by atoms with Gasteiger partial charge in [0.2, 0.25) is 0 Å². The zero-order valence-corrected chi connectivity index (χ0v) is 10.3. The average Bonchev–Trinajstić information content (AvgIpc) is 2.16. The van der Waals surface area contributed by atoms with Crippen LogP contribution in [-0.2, 0) is 9.84 Å². The van der Waals surface area contributed by atoms with Crippen molar-refractivity contribution in [1.29, 1.82) is 0 Å². The Kier molecular flexibility index (Phi) is 3.91. The van der Waals surface area contributed by atoms with Crippen molar-refractivity contribution in [3.63, 3.8) is 0 Å². The van der Waals surface area contributed by atoms with Crippen molar-refractivity contribution in [3.8, 4) is 0 Å². The molecule has 84 valence electrons. The summed E-state index contributed by atoms with van der Waals surface area (Å²) in [7, 11) is -3.07. The maximum absolute atomic E-state index is 11.8. The predicted octanol–water partition coefficient (Wildman–Crippen LogP) is 2.81. The molecule has 0 atom stereocenters. The summed E-state index contributed by atoms with van der Waals surface area (Å²) in [6.07, 6.45) is 0.718. The van der Waals surface area contributed by atoms with E-state index in [4.69, 9.17) is 0 Å². The smallest absolute Gasteiger partial charge is 0.178 e. The van der Waals surface area contributed by atoms with E-state index in [9.17, 15) is 8.42 Å². The molecule has 3 heteroatoms. The van der Waals surface area contributed by atoms with Crippen molar-refractivity contribution in [2.24, 2.45) is 5.92 Å². The average molecular weight is 226 g/mol. The van der Waals surface area contributed by atoms with Crippen molar-refractivity contribution < 1.29 is 8.42 Å². The molecule has 1 aromatic carbocycles. The summed E-state index contributed by atoms with van der Waals surface area (Å²) in [6.45, 7) is 6.01. The molecule has 0 N–H and O–H groups in total. The highest BCUT2D eigenvalue weighted by Gasteiger charge is 2.14. The summed E-state index contributed by atoms with van der Waals surface area (Å²) in [5.74, 6) is 0.665. The molecular weight excluding hydrogens is 208 g/mol. The van der Waals surface area contributed by atoms with Gasteiger partial charge in [0.05, 0.1) is 10.6 Å². The van der Waals surface area contributed by atoms with Crippen LogP contribution in [0.4, 0.5) is 0 Å². The third-order valence-electron chi connectivity index (χ3n) is 2.34. The van der Waals surface area contributed by atoms with Crippen molar-refractivity contribution >= 4 is 9.84 Å². The maximum Gasteiger partial charge on any atom is 0.178 e. The third kappa shape index (κ3) is 3.67. The molecule has 0 aromatic heterocycles. The van der Waals surface area contributed by atoms with E-state index in [0.29, 0.717) is 10.8 Å². The first kappa shape index (κ1) is 12.2. The van der Waals surface area contributed by atoms with Crippen LogP contribution in [-0.4, -0.2) is 14.2 Å². The van der Waals surface area contributed by atoms with Gasteiger partial charge in [-0.3, -0.25) is 0 Å². The number of aryl methyl sites for hydroxylation is 1. The molecular formula is C12H18O2S. The lowest BCUT2D eigenvalue weighted by molar-refractivity contribution is 0.573. The minimum Gasteiger partial charge on any atom is -0.224 e. The molecule has 0 aliphatic rings. The molecule has 0 amide bonds. The molecule has 1 aromatic rings. The molecule has 0 radical (unpaired) electrons. The van der Waals surface area contributed by atoms with Gasteiger partial charge in [0, 0.05) is 0 Å². The fourth-order valence-electron chi connectivity index (χ4n) is 1.25. The Balaban J connectivity index is 2.82. The molecule has 0 aliphatic carbocycles. The lowest BCUT2D eigenvalue weighted by Crippen LogP contribution is -2.08. The van der Waals surface area contributed by atoms with Gasteiger partial charge in [0.1, 0.15) is 0 Å². The molecule has 0 bridgehead atoms. The van der Waals surface area contributed by atoms with Gasteiger partial charge in [0.15, 0.2) is 9.84 Å². The summed E-state index contributed by atoms with van der Waals surface area (Å²) in [6, 6.07) is 7.04. The van der Waals surface area contributed by atoms with E-state index in [1.807, 2.05) is 32.9 Å². The quantitative estimate of drug-likeness (QED) is 0.791. The summed E-state index contributed by atoms with van der Waals surface area (Å²) >= 11 is 0. The van der Waals surface area contributed by atoms with Crippen LogP contribution in [0.3, 0.4) is 0 Å². The molecule has 0 fully saturated rings. The van der Waals surface area contributed by atoms with Crippen molar-refractivity contribution in [1.82, 2.24) is 0 Å². The van der Waals surface area contributed by atoms with Crippen LogP contribution in [0.1, 0.15) is 25.8 Å². The summed E-state index contributed by atoms with van der Waals surface area (Å²) in [5, 5.41) is 0. The second-order valence-electron chi connectivity index (χ2n) is 4.31. The van der Waals surface area contributed by atoms with Gasteiger partial charge >= 0.3 is 0 Å². The molecule has 0 spiro atoms. The standard InChI is InChI=1S/C12H18O2S/c1-10(2)8-9-15(13,14)12-6-4-11(3)5-7-12/h4-7,10H,8-9H2,1-3H3. The van der Waals surface area contributed by atoms with E-state index in [0.717, 1.165) is 12.0 Å². The van der Waals surface area contributed by atoms with Gasteiger partial charge in [-0.2, -0.15) is 0 Å². The Morgan fingerprint density at radius 3 is 2.13 bits per heavy atom. The number of hydrogen-bond acceptors (Lipinski definition) is 2. The van der Waals surface area contributed by atoms with Crippen LogP contribution in [0.2, 0.25) is 0 Å². The van der Waals surface area contributed by atoms with Crippen molar-refractivity contribution in [2.75, 3.05) is 5.75 Å². The molecule has 0 heterocycles. The van der Waals surface area contributed by atoms with Gasteiger partial charge in [-0.15, -0.1) is 0 Å². The van der Waals surface area contributed by atoms with Gasteiger partial charge in [-0.1, -0.05) is 31.5 Å². The van der Waals surface area contributed by atoms with Gasteiger partial charge in [-0.05, 0) is 31.4 Å². The lowest BCUT2D eigenvalue weighted by Gasteiger charge is -2.06. The number of sulfone groups is 1. The molecule has 0 saturated carbocycles. The number of benzene rings is 1. The first-order valence-electron chi connectivity index (χ1n) is 5.21. The number of rotatable bonds is 4. The predicted molar refractivity (Wildman–Crippen MR) is 62.7 cm³/mol. The second kappa shape index (κ2) is 4.79. The monoisotopic (exact) mass is 226 g/mol. The lowest BCUT2D eigenvalue weighted by atomic mass is 10.2. The molecule has 1 rings (SSSR count). The zero-order chi connectivity index (χ0) is 11.5. The molecule has 0 unspecified atom stereocenters. The van der Waals surface area contributed by atoms with Gasteiger partial charge < -0.3 is 0 Å². The maximum atomic E-state index is 11.8. The summed E-state index contributed by atoms with van der Waals surface area (Å²) in [5.41, 5.74) is 1.08. The Morgan fingerprint density at radius 1 is 1.13 bits per heavy atom.